The summed E-state index contributed by atoms with van der Waals surface area (Å²) in [5.74, 6) is 0. The molecular formula is C6H8F6O5P+. The molecule has 0 fully saturated rings. The lowest BCUT2D eigenvalue weighted by Crippen LogP contribution is -2.17. The first-order valence-corrected chi connectivity index (χ1v) is 5.34. The van der Waals surface area contributed by atoms with Gasteiger partial charge in [0.25, 0.3) is 0 Å². The van der Waals surface area contributed by atoms with Gasteiger partial charge < -0.3 is 0 Å². The standard InChI is InChI=1S/C6H8F6O5P/c7-5(8,9)14-1-3-16-18(13)17-4-2-15-6(10,11)12/h1-4H2/q+1. The molecule has 0 aromatic rings. The minimum atomic E-state index is -4.84. The molecule has 18 heavy (non-hydrogen) atoms. The molecule has 0 aromatic carbocycles. The average Bonchev–Trinajstić information content (AvgIpc) is 2.17. The highest BCUT2D eigenvalue weighted by molar-refractivity contribution is 7.33. The van der Waals surface area contributed by atoms with Crippen molar-refractivity contribution in [3.63, 3.8) is 0 Å². The molecule has 0 aliphatic rings. The monoisotopic (exact) mass is 305 g/mol. The maximum absolute atomic E-state index is 11.4. The van der Waals surface area contributed by atoms with E-state index in [4.69, 9.17) is 0 Å². The molecule has 0 aliphatic carbocycles. The molecule has 0 aromatic heterocycles. The van der Waals surface area contributed by atoms with Crippen molar-refractivity contribution in [2.45, 2.75) is 12.7 Å². The Kier molecular flexibility index (Phi) is 7.64. The van der Waals surface area contributed by atoms with Gasteiger partial charge >= 0.3 is 21.0 Å². The fraction of sp³-hybridized carbons (Fsp3) is 1.00. The van der Waals surface area contributed by atoms with Gasteiger partial charge in [-0.1, -0.05) is 0 Å². The Bertz CT molecular complexity index is 230. The van der Waals surface area contributed by atoms with Gasteiger partial charge in [-0.15, -0.1) is 35.4 Å². The summed E-state index contributed by atoms with van der Waals surface area (Å²) in [5.41, 5.74) is 0. The number of alkyl halides is 6. The quantitative estimate of drug-likeness (QED) is 0.392. The molecule has 5 nitrogen and oxygen atoms in total. The van der Waals surface area contributed by atoms with Gasteiger partial charge in [-0.25, -0.2) is 0 Å². The van der Waals surface area contributed by atoms with E-state index in [1.807, 2.05) is 0 Å². The van der Waals surface area contributed by atoms with Crippen molar-refractivity contribution >= 4 is 8.25 Å². The van der Waals surface area contributed by atoms with Crippen LogP contribution < -0.4 is 0 Å². The second kappa shape index (κ2) is 7.85. The van der Waals surface area contributed by atoms with Gasteiger partial charge in [0.1, 0.15) is 13.2 Å². The van der Waals surface area contributed by atoms with E-state index in [-0.39, 0.29) is 0 Å². The summed E-state index contributed by atoms with van der Waals surface area (Å²) in [5, 5.41) is 0. The van der Waals surface area contributed by atoms with E-state index in [1.54, 1.807) is 0 Å². The first kappa shape index (κ1) is 17.5. The summed E-state index contributed by atoms with van der Waals surface area (Å²) in [6, 6.07) is 0. The van der Waals surface area contributed by atoms with E-state index in [1.165, 1.54) is 0 Å². The van der Waals surface area contributed by atoms with E-state index in [9.17, 15) is 30.9 Å². The van der Waals surface area contributed by atoms with Crippen molar-refractivity contribution in [2.75, 3.05) is 26.4 Å². The minimum Gasteiger partial charge on any atom is -0.289 e. The first-order chi connectivity index (χ1) is 8.10. The lowest BCUT2D eigenvalue weighted by atomic mass is 10.8. The highest BCUT2D eigenvalue weighted by Crippen LogP contribution is 2.24. The number of hydrogen-bond acceptors (Lipinski definition) is 5. The Morgan fingerprint density at radius 3 is 1.33 bits per heavy atom. The van der Waals surface area contributed by atoms with E-state index in [0.29, 0.717) is 0 Å². The fourth-order valence-corrected chi connectivity index (χ4v) is 1.10. The third-order valence-corrected chi connectivity index (χ3v) is 1.88. The number of hydrogen-bond donors (Lipinski definition) is 0. The minimum absolute atomic E-state index is 0.686. The summed E-state index contributed by atoms with van der Waals surface area (Å²) >= 11 is 0. The van der Waals surface area contributed by atoms with Crippen LogP contribution >= 0.6 is 8.25 Å². The SMILES string of the molecule is O=[P+](OCCOC(F)(F)F)OCCOC(F)(F)F. The Morgan fingerprint density at radius 2 is 1.06 bits per heavy atom. The van der Waals surface area contributed by atoms with Gasteiger partial charge in [0.05, 0.1) is 13.2 Å². The Balaban J connectivity index is 3.44. The van der Waals surface area contributed by atoms with Gasteiger partial charge in [0, 0.05) is 4.57 Å². The van der Waals surface area contributed by atoms with Crippen molar-refractivity contribution in [1.29, 1.82) is 0 Å². The molecule has 0 aliphatic heterocycles. The molecule has 0 saturated carbocycles. The van der Waals surface area contributed by atoms with Crippen LogP contribution in [0.5, 0.6) is 0 Å². The Labute approximate surface area is 97.9 Å². The van der Waals surface area contributed by atoms with Crippen molar-refractivity contribution in [3.05, 3.63) is 0 Å². The van der Waals surface area contributed by atoms with Crippen LogP contribution in [0.15, 0.2) is 0 Å². The molecule has 0 rings (SSSR count). The van der Waals surface area contributed by atoms with Gasteiger partial charge in [0.15, 0.2) is 0 Å². The van der Waals surface area contributed by atoms with Crippen LogP contribution in [-0.4, -0.2) is 39.2 Å². The zero-order valence-corrected chi connectivity index (χ0v) is 9.48. The summed E-state index contributed by atoms with van der Waals surface area (Å²) in [6.45, 7) is -3.19. The molecule has 0 heterocycles. The molecule has 0 amide bonds. The maximum atomic E-state index is 11.4. The molecule has 0 bridgehead atoms. The highest BCUT2D eigenvalue weighted by Gasteiger charge is 2.31. The smallest absolute Gasteiger partial charge is 0.289 e. The average molecular weight is 305 g/mol. The molecule has 0 atom stereocenters. The van der Waals surface area contributed by atoms with Crippen LogP contribution in [0.3, 0.4) is 0 Å². The van der Waals surface area contributed by atoms with Crippen LogP contribution in [-0.2, 0) is 23.1 Å². The Morgan fingerprint density at radius 1 is 0.722 bits per heavy atom. The van der Waals surface area contributed by atoms with Crippen molar-refractivity contribution in [1.82, 2.24) is 0 Å². The van der Waals surface area contributed by atoms with Crippen LogP contribution in [0, 0.1) is 0 Å². The van der Waals surface area contributed by atoms with Gasteiger partial charge in [0.2, 0.25) is 0 Å². The van der Waals surface area contributed by atoms with Crippen molar-refractivity contribution in [3.8, 4) is 0 Å². The van der Waals surface area contributed by atoms with E-state index in [2.05, 4.69) is 18.5 Å². The van der Waals surface area contributed by atoms with E-state index < -0.39 is 47.4 Å². The fourth-order valence-electron chi connectivity index (χ4n) is 0.576. The van der Waals surface area contributed by atoms with Crippen LogP contribution in [0.4, 0.5) is 26.3 Å². The van der Waals surface area contributed by atoms with Crippen LogP contribution in [0.1, 0.15) is 0 Å². The third-order valence-electron chi connectivity index (χ3n) is 1.09. The first-order valence-electron chi connectivity index (χ1n) is 4.24. The summed E-state index contributed by atoms with van der Waals surface area (Å²) in [6.07, 6.45) is -9.67. The molecule has 0 saturated heterocycles. The number of ether oxygens (including phenoxy) is 2. The molecule has 0 radical (unpaired) electrons. The van der Waals surface area contributed by atoms with Crippen LogP contribution in [0.25, 0.3) is 0 Å². The Hall–Kier alpha value is -0.480. The number of halogens is 6. The third kappa shape index (κ3) is 13.6. The second-order valence-electron chi connectivity index (χ2n) is 2.48. The zero-order chi connectivity index (χ0) is 14.2. The normalized spacial score (nSPS) is 12.8. The largest absolute Gasteiger partial charge is 0.697 e. The van der Waals surface area contributed by atoms with Gasteiger partial charge in [-0.05, 0) is 0 Å². The van der Waals surface area contributed by atoms with Gasteiger partial charge in [-0.3, -0.25) is 9.47 Å². The second-order valence-corrected chi connectivity index (χ2v) is 3.44. The van der Waals surface area contributed by atoms with Crippen molar-refractivity contribution < 1.29 is 49.4 Å². The molecule has 108 valence electrons. The van der Waals surface area contributed by atoms with Gasteiger partial charge in [-0.2, -0.15) is 0 Å². The predicted octanol–water partition coefficient (Wildman–Crippen LogP) is 2.75. The topological polar surface area (TPSA) is 54.0 Å². The lowest BCUT2D eigenvalue weighted by molar-refractivity contribution is -0.325. The zero-order valence-electron chi connectivity index (χ0n) is 8.58. The van der Waals surface area contributed by atoms with E-state index >= 15 is 0 Å². The summed E-state index contributed by atoms with van der Waals surface area (Å²) in [7, 11) is -2.82. The lowest BCUT2D eigenvalue weighted by Gasteiger charge is -2.04. The predicted molar refractivity (Wildman–Crippen MR) is 43.5 cm³/mol. The molecule has 0 spiro atoms. The molecule has 12 heteroatoms. The van der Waals surface area contributed by atoms with Crippen molar-refractivity contribution in [2.24, 2.45) is 0 Å². The molecular weight excluding hydrogens is 297 g/mol. The number of rotatable bonds is 8. The molecule has 0 N–H and O–H groups in total. The molecule has 0 unspecified atom stereocenters. The highest BCUT2D eigenvalue weighted by atomic mass is 31.1. The van der Waals surface area contributed by atoms with Crippen LogP contribution in [0.2, 0.25) is 0 Å². The maximum Gasteiger partial charge on any atom is 0.697 e. The van der Waals surface area contributed by atoms with E-state index in [0.717, 1.165) is 0 Å². The summed E-state index contributed by atoms with van der Waals surface area (Å²) < 4.78 is 94.3. The summed E-state index contributed by atoms with van der Waals surface area (Å²) in [4.78, 5) is 0.